The minimum absolute atomic E-state index is 0.182. The summed E-state index contributed by atoms with van der Waals surface area (Å²) in [7, 11) is 0. The summed E-state index contributed by atoms with van der Waals surface area (Å²) in [6, 6.07) is 6.61. The maximum absolute atomic E-state index is 2.33. The standard InChI is InChI=1S/C16H23N/c1-15(2,3)13-10-12-8-7-9-17(12)11-14(13)16(4,5)6/h7-11H,1-6H3. The zero-order valence-electron chi connectivity index (χ0n) is 11.8. The third kappa shape index (κ3) is 2.24. The van der Waals surface area contributed by atoms with Crippen LogP contribution in [-0.2, 0) is 10.8 Å². The Balaban J connectivity index is 2.78. The SMILES string of the molecule is CC(C)(C)c1cc2cccn2cc1C(C)(C)C. The van der Waals surface area contributed by atoms with E-state index < -0.39 is 0 Å². The van der Waals surface area contributed by atoms with Gasteiger partial charge >= 0.3 is 0 Å². The van der Waals surface area contributed by atoms with Crippen LogP contribution in [0.4, 0.5) is 0 Å². The van der Waals surface area contributed by atoms with Crippen molar-refractivity contribution in [2.75, 3.05) is 0 Å². The van der Waals surface area contributed by atoms with Gasteiger partial charge in [0, 0.05) is 17.9 Å². The van der Waals surface area contributed by atoms with E-state index in [-0.39, 0.29) is 10.8 Å². The molecule has 0 spiro atoms. The summed E-state index contributed by atoms with van der Waals surface area (Å²) in [6.45, 7) is 13.7. The summed E-state index contributed by atoms with van der Waals surface area (Å²) >= 11 is 0. The van der Waals surface area contributed by atoms with Gasteiger partial charge in [0.25, 0.3) is 0 Å². The molecule has 1 nitrogen and oxygen atoms in total. The molecule has 0 aliphatic rings. The van der Waals surface area contributed by atoms with Crippen molar-refractivity contribution >= 4 is 5.52 Å². The van der Waals surface area contributed by atoms with E-state index in [2.05, 4.69) is 76.5 Å². The molecule has 0 atom stereocenters. The van der Waals surface area contributed by atoms with Gasteiger partial charge in [0.15, 0.2) is 0 Å². The van der Waals surface area contributed by atoms with Crippen molar-refractivity contribution in [3.05, 3.63) is 41.7 Å². The van der Waals surface area contributed by atoms with Gasteiger partial charge < -0.3 is 4.40 Å². The Bertz CT molecular complexity index is 485. The minimum Gasteiger partial charge on any atom is -0.324 e. The summed E-state index contributed by atoms with van der Waals surface area (Å²) in [4.78, 5) is 0. The molecule has 1 heteroatoms. The first-order valence-corrected chi connectivity index (χ1v) is 6.31. The van der Waals surface area contributed by atoms with Gasteiger partial charge in [0.2, 0.25) is 0 Å². The van der Waals surface area contributed by atoms with Crippen LogP contribution in [0.5, 0.6) is 0 Å². The Hall–Kier alpha value is -1.24. The van der Waals surface area contributed by atoms with Gasteiger partial charge in [-0.2, -0.15) is 0 Å². The van der Waals surface area contributed by atoms with Crippen molar-refractivity contribution in [3.63, 3.8) is 0 Å². The maximum atomic E-state index is 2.33. The summed E-state index contributed by atoms with van der Waals surface area (Å²) in [5.74, 6) is 0. The predicted octanol–water partition coefficient (Wildman–Crippen LogP) is 4.53. The van der Waals surface area contributed by atoms with Crippen LogP contribution in [0.3, 0.4) is 0 Å². The molecule has 17 heavy (non-hydrogen) atoms. The van der Waals surface area contributed by atoms with Crippen LogP contribution in [0.2, 0.25) is 0 Å². The number of nitrogens with zero attached hydrogens (tertiary/aromatic N) is 1. The van der Waals surface area contributed by atoms with Crippen molar-refractivity contribution in [3.8, 4) is 0 Å². The Morgan fingerprint density at radius 1 is 0.882 bits per heavy atom. The first-order valence-electron chi connectivity index (χ1n) is 6.31. The fourth-order valence-electron chi connectivity index (χ4n) is 2.30. The van der Waals surface area contributed by atoms with Gasteiger partial charge in [-0.1, -0.05) is 41.5 Å². The zero-order valence-corrected chi connectivity index (χ0v) is 11.8. The van der Waals surface area contributed by atoms with E-state index in [1.165, 1.54) is 16.6 Å². The number of hydrogen-bond acceptors (Lipinski definition) is 0. The molecule has 0 aromatic carbocycles. The lowest BCUT2D eigenvalue weighted by molar-refractivity contribution is 0.527. The third-order valence-electron chi connectivity index (χ3n) is 3.28. The highest BCUT2D eigenvalue weighted by atomic mass is 14.9. The van der Waals surface area contributed by atoms with E-state index in [1.807, 2.05) is 0 Å². The molecule has 0 bridgehead atoms. The Labute approximate surface area is 104 Å². The van der Waals surface area contributed by atoms with Crippen molar-refractivity contribution < 1.29 is 0 Å². The summed E-state index contributed by atoms with van der Waals surface area (Å²) in [6.07, 6.45) is 4.41. The molecule has 0 saturated carbocycles. The molecule has 0 aliphatic carbocycles. The second-order valence-electron chi connectivity index (χ2n) is 6.94. The van der Waals surface area contributed by atoms with Crippen LogP contribution in [0.25, 0.3) is 5.52 Å². The van der Waals surface area contributed by atoms with E-state index >= 15 is 0 Å². The normalized spacial score (nSPS) is 13.3. The molecule has 2 heterocycles. The molecule has 0 amide bonds. The summed E-state index contributed by atoms with van der Waals surface area (Å²) < 4.78 is 2.22. The van der Waals surface area contributed by atoms with E-state index in [9.17, 15) is 0 Å². The van der Waals surface area contributed by atoms with Crippen LogP contribution in [-0.4, -0.2) is 4.40 Å². The first-order chi connectivity index (χ1) is 7.69. The number of rotatable bonds is 0. The molecule has 0 aliphatic heterocycles. The average molecular weight is 229 g/mol. The zero-order chi connectivity index (χ0) is 12.8. The lowest BCUT2D eigenvalue weighted by atomic mass is 9.76. The van der Waals surface area contributed by atoms with Crippen LogP contribution in [0, 0.1) is 0 Å². The van der Waals surface area contributed by atoms with Gasteiger partial charge in [-0.3, -0.25) is 0 Å². The largest absolute Gasteiger partial charge is 0.324 e. The minimum atomic E-state index is 0.182. The fraction of sp³-hybridized carbons (Fsp3) is 0.500. The molecule has 2 aromatic heterocycles. The smallest absolute Gasteiger partial charge is 0.0453 e. The first kappa shape index (κ1) is 12.2. The average Bonchev–Trinajstić information content (AvgIpc) is 2.59. The molecule has 2 rings (SSSR count). The fourth-order valence-corrected chi connectivity index (χ4v) is 2.30. The van der Waals surface area contributed by atoms with E-state index in [0.717, 1.165) is 0 Å². The molecule has 2 aromatic rings. The van der Waals surface area contributed by atoms with Gasteiger partial charge in [-0.05, 0) is 40.2 Å². The number of hydrogen-bond donors (Lipinski definition) is 0. The number of aromatic nitrogens is 1. The van der Waals surface area contributed by atoms with Crippen LogP contribution in [0.1, 0.15) is 52.7 Å². The number of pyridine rings is 1. The van der Waals surface area contributed by atoms with Crippen LogP contribution < -0.4 is 0 Å². The van der Waals surface area contributed by atoms with Gasteiger partial charge in [0.05, 0.1) is 0 Å². The highest BCUT2D eigenvalue weighted by Gasteiger charge is 2.25. The second kappa shape index (κ2) is 3.63. The van der Waals surface area contributed by atoms with Crippen molar-refractivity contribution in [2.24, 2.45) is 0 Å². The molecule has 0 N–H and O–H groups in total. The molecule has 92 valence electrons. The maximum Gasteiger partial charge on any atom is 0.0453 e. The lowest BCUT2D eigenvalue weighted by Crippen LogP contribution is -2.22. The van der Waals surface area contributed by atoms with Crippen molar-refractivity contribution in [1.82, 2.24) is 4.40 Å². The highest BCUT2D eigenvalue weighted by Crippen LogP contribution is 2.34. The monoisotopic (exact) mass is 229 g/mol. The van der Waals surface area contributed by atoms with Gasteiger partial charge in [0.1, 0.15) is 0 Å². The Morgan fingerprint density at radius 3 is 2.00 bits per heavy atom. The Kier molecular flexibility index (Phi) is 2.61. The summed E-state index contributed by atoms with van der Waals surface area (Å²) in [5, 5.41) is 0. The predicted molar refractivity (Wildman–Crippen MR) is 74.8 cm³/mol. The third-order valence-corrected chi connectivity index (χ3v) is 3.28. The van der Waals surface area contributed by atoms with Gasteiger partial charge in [-0.15, -0.1) is 0 Å². The van der Waals surface area contributed by atoms with E-state index in [4.69, 9.17) is 0 Å². The molecule has 0 saturated heterocycles. The van der Waals surface area contributed by atoms with Gasteiger partial charge in [-0.25, -0.2) is 0 Å². The van der Waals surface area contributed by atoms with Crippen LogP contribution in [0.15, 0.2) is 30.6 Å². The quantitative estimate of drug-likeness (QED) is 0.625. The van der Waals surface area contributed by atoms with Crippen molar-refractivity contribution in [1.29, 1.82) is 0 Å². The van der Waals surface area contributed by atoms with E-state index in [0.29, 0.717) is 0 Å². The number of fused-ring (bicyclic) bond motifs is 1. The molecule has 0 fully saturated rings. The second-order valence-corrected chi connectivity index (χ2v) is 6.94. The van der Waals surface area contributed by atoms with E-state index in [1.54, 1.807) is 0 Å². The highest BCUT2D eigenvalue weighted by molar-refractivity contribution is 5.54. The Morgan fingerprint density at radius 2 is 1.47 bits per heavy atom. The van der Waals surface area contributed by atoms with Crippen molar-refractivity contribution in [2.45, 2.75) is 52.4 Å². The lowest BCUT2D eigenvalue weighted by Gasteiger charge is -2.30. The molecular weight excluding hydrogens is 206 g/mol. The molecule has 0 radical (unpaired) electrons. The molecule has 0 unspecified atom stereocenters. The topological polar surface area (TPSA) is 4.41 Å². The van der Waals surface area contributed by atoms with Crippen LogP contribution >= 0.6 is 0 Å². The molecular formula is C16H23N. The summed E-state index contributed by atoms with van der Waals surface area (Å²) in [5.41, 5.74) is 4.54.